The fourth-order valence-electron chi connectivity index (χ4n) is 3.14. The van der Waals surface area contributed by atoms with Crippen molar-refractivity contribution in [2.24, 2.45) is 11.8 Å². The summed E-state index contributed by atoms with van der Waals surface area (Å²) in [6.45, 7) is 14.5. The maximum Gasteiger partial charge on any atom is 0.222 e. The van der Waals surface area contributed by atoms with Gasteiger partial charge in [0.05, 0.1) is 0 Å². The lowest BCUT2D eigenvalue weighted by atomic mass is 9.96. The SMILES string of the molecule is CC(C)C(=O)NC1CCN(CC2CN(C(C)C)C2)CC1. The highest BCUT2D eigenvalue weighted by Gasteiger charge is 2.31. The molecule has 2 aliphatic rings. The molecule has 0 aromatic carbocycles. The molecule has 0 aliphatic carbocycles. The molecule has 116 valence electrons. The first-order chi connectivity index (χ1) is 9.45. The summed E-state index contributed by atoms with van der Waals surface area (Å²) in [6.07, 6.45) is 2.22. The topological polar surface area (TPSA) is 35.6 Å². The zero-order valence-electron chi connectivity index (χ0n) is 13.6. The second-order valence-corrected chi connectivity index (χ2v) is 7.15. The first-order valence-corrected chi connectivity index (χ1v) is 8.22. The van der Waals surface area contributed by atoms with Gasteiger partial charge in [0.25, 0.3) is 0 Å². The predicted molar refractivity (Wildman–Crippen MR) is 82.6 cm³/mol. The number of nitrogens with zero attached hydrogens (tertiary/aromatic N) is 2. The normalized spacial score (nSPS) is 23.3. The molecule has 0 saturated carbocycles. The Morgan fingerprint density at radius 2 is 1.75 bits per heavy atom. The van der Waals surface area contributed by atoms with Gasteiger partial charge in [-0.25, -0.2) is 0 Å². The highest BCUT2D eigenvalue weighted by molar-refractivity contribution is 5.78. The second kappa shape index (κ2) is 6.90. The van der Waals surface area contributed by atoms with Gasteiger partial charge in [0.15, 0.2) is 0 Å². The van der Waals surface area contributed by atoms with Crippen LogP contribution < -0.4 is 5.32 Å². The summed E-state index contributed by atoms with van der Waals surface area (Å²) in [5, 5.41) is 3.17. The minimum Gasteiger partial charge on any atom is -0.353 e. The molecule has 0 radical (unpaired) electrons. The van der Waals surface area contributed by atoms with Gasteiger partial charge in [-0.3, -0.25) is 4.79 Å². The Morgan fingerprint density at radius 3 is 2.25 bits per heavy atom. The van der Waals surface area contributed by atoms with Crippen LogP contribution in [0.4, 0.5) is 0 Å². The number of piperidine rings is 1. The first kappa shape index (κ1) is 15.8. The average molecular weight is 281 g/mol. The standard InChI is InChI=1S/C16H31N3O/c1-12(2)16(20)17-15-5-7-18(8-6-15)9-14-10-19(11-14)13(3)4/h12-15H,5-11H2,1-4H3,(H,17,20). The van der Waals surface area contributed by atoms with Crippen molar-refractivity contribution in [3.63, 3.8) is 0 Å². The van der Waals surface area contributed by atoms with Crippen LogP contribution in [0.5, 0.6) is 0 Å². The predicted octanol–water partition coefficient (Wildman–Crippen LogP) is 1.56. The van der Waals surface area contributed by atoms with Crippen molar-refractivity contribution < 1.29 is 4.79 Å². The Morgan fingerprint density at radius 1 is 1.15 bits per heavy atom. The van der Waals surface area contributed by atoms with Crippen LogP contribution in [0, 0.1) is 11.8 Å². The van der Waals surface area contributed by atoms with Crippen molar-refractivity contribution in [3.05, 3.63) is 0 Å². The summed E-state index contributed by atoms with van der Waals surface area (Å²) in [7, 11) is 0. The van der Waals surface area contributed by atoms with Crippen LogP contribution in [-0.2, 0) is 4.79 Å². The molecule has 2 aliphatic heterocycles. The summed E-state index contributed by atoms with van der Waals surface area (Å²) in [5.41, 5.74) is 0. The van der Waals surface area contributed by atoms with Crippen LogP contribution in [0.3, 0.4) is 0 Å². The molecule has 0 aromatic heterocycles. The van der Waals surface area contributed by atoms with Gasteiger partial charge in [-0.1, -0.05) is 13.8 Å². The molecule has 0 atom stereocenters. The van der Waals surface area contributed by atoms with E-state index in [1.807, 2.05) is 13.8 Å². The van der Waals surface area contributed by atoms with Crippen LogP contribution in [0.2, 0.25) is 0 Å². The van der Waals surface area contributed by atoms with Crippen molar-refractivity contribution in [3.8, 4) is 0 Å². The Labute approximate surface area is 123 Å². The number of amides is 1. The Balaban J connectivity index is 1.62. The number of hydrogen-bond donors (Lipinski definition) is 1. The minimum atomic E-state index is 0.102. The van der Waals surface area contributed by atoms with E-state index in [1.54, 1.807) is 0 Å². The second-order valence-electron chi connectivity index (χ2n) is 7.15. The smallest absolute Gasteiger partial charge is 0.222 e. The van der Waals surface area contributed by atoms with Crippen molar-refractivity contribution in [2.45, 2.75) is 52.6 Å². The van der Waals surface area contributed by atoms with Crippen LogP contribution in [0.1, 0.15) is 40.5 Å². The number of rotatable bonds is 5. The summed E-state index contributed by atoms with van der Waals surface area (Å²) in [6, 6.07) is 1.10. The largest absolute Gasteiger partial charge is 0.353 e. The quantitative estimate of drug-likeness (QED) is 0.831. The Kier molecular flexibility index (Phi) is 5.44. The molecule has 0 bridgehead atoms. The van der Waals surface area contributed by atoms with Gasteiger partial charge in [0.2, 0.25) is 5.91 Å². The fourth-order valence-corrected chi connectivity index (χ4v) is 3.14. The minimum absolute atomic E-state index is 0.102. The third-order valence-electron chi connectivity index (χ3n) is 4.69. The van der Waals surface area contributed by atoms with Gasteiger partial charge in [-0.15, -0.1) is 0 Å². The molecule has 2 saturated heterocycles. The van der Waals surface area contributed by atoms with Gasteiger partial charge in [0, 0.05) is 50.7 Å². The number of nitrogens with one attached hydrogen (secondary N) is 1. The molecule has 2 rings (SSSR count). The van der Waals surface area contributed by atoms with Gasteiger partial charge in [0.1, 0.15) is 0 Å². The molecule has 4 nitrogen and oxygen atoms in total. The zero-order chi connectivity index (χ0) is 14.7. The van der Waals surface area contributed by atoms with Gasteiger partial charge >= 0.3 is 0 Å². The zero-order valence-corrected chi connectivity index (χ0v) is 13.6. The van der Waals surface area contributed by atoms with E-state index in [-0.39, 0.29) is 11.8 Å². The van der Waals surface area contributed by atoms with Crippen molar-refractivity contribution in [1.29, 1.82) is 0 Å². The van der Waals surface area contributed by atoms with Crippen molar-refractivity contribution in [1.82, 2.24) is 15.1 Å². The summed E-state index contributed by atoms with van der Waals surface area (Å²) in [4.78, 5) is 16.8. The van der Waals surface area contributed by atoms with E-state index >= 15 is 0 Å². The maximum absolute atomic E-state index is 11.7. The van der Waals surface area contributed by atoms with Crippen LogP contribution in [-0.4, -0.2) is 60.5 Å². The summed E-state index contributed by atoms with van der Waals surface area (Å²) in [5.74, 6) is 1.17. The summed E-state index contributed by atoms with van der Waals surface area (Å²) < 4.78 is 0. The number of hydrogen-bond acceptors (Lipinski definition) is 3. The van der Waals surface area contributed by atoms with E-state index in [2.05, 4.69) is 29.0 Å². The fraction of sp³-hybridized carbons (Fsp3) is 0.938. The van der Waals surface area contributed by atoms with E-state index < -0.39 is 0 Å². The molecule has 20 heavy (non-hydrogen) atoms. The molecule has 2 heterocycles. The molecule has 1 N–H and O–H groups in total. The van der Waals surface area contributed by atoms with E-state index in [4.69, 9.17) is 0 Å². The molecule has 2 fully saturated rings. The Bertz CT molecular complexity index is 316. The molecule has 4 heteroatoms. The summed E-state index contributed by atoms with van der Waals surface area (Å²) >= 11 is 0. The van der Waals surface area contributed by atoms with Crippen LogP contribution >= 0.6 is 0 Å². The van der Waals surface area contributed by atoms with Crippen molar-refractivity contribution >= 4 is 5.91 Å². The maximum atomic E-state index is 11.7. The highest BCUT2D eigenvalue weighted by atomic mass is 16.1. The molecule has 0 unspecified atom stereocenters. The van der Waals surface area contributed by atoms with Crippen LogP contribution in [0.15, 0.2) is 0 Å². The monoisotopic (exact) mass is 281 g/mol. The van der Waals surface area contributed by atoms with E-state index in [9.17, 15) is 4.79 Å². The third kappa shape index (κ3) is 4.19. The van der Waals surface area contributed by atoms with Gasteiger partial charge in [-0.2, -0.15) is 0 Å². The van der Waals surface area contributed by atoms with E-state index in [0.29, 0.717) is 12.1 Å². The van der Waals surface area contributed by atoms with Crippen molar-refractivity contribution in [2.75, 3.05) is 32.7 Å². The number of likely N-dealkylation sites (tertiary alicyclic amines) is 2. The van der Waals surface area contributed by atoms with Crippen LogP contribution in [0.25, 0.3) is 0 Å². The lowest BCUT2D eigenvalue weighted by molar-refractivity contribution is -0.125. The molecule has 0 spiro atoms. The molecule has 0 aromatic rings. The van der Waals surface area contributed by atoms with E-state index in [1.165, 1.54) is 19.6 Å². The lowest BCUT2D eigenvalue weighted by Crippen LogP contribution is -2.55. The first-order valence-electron chi connectivity index (χ1n) is 8.22. The molecular formula is C16H31N3O. The molecular weight excluding hydrogens is 250 g/mol. The van der Waals surface area contributed by atoms with Gasteiger partial charge in [-0.05, 0) is 32.6 Å². The number of carbonyl (C=O) groups excluding carboxylic acids is 1. The Hall–Kier alpha value is -0.610. The third-order valence-corrected chi connectivity index (χ3v) is 4.69. The lowest BCUT2D eigenvalue weighted by Gasteiger charge is -2.45. The average Bonchev–Trinajstić information content (AvgIpc) is 2.34. The van der Waals surface area contributed by atoms with E-state index in [0.717, 1.165) is 31.8 Å². The van der Waals surface area contributed by atoms with Gasteiger partial charge < -0.3 is 15.1 Å². The number of carbonyl (C=O) groups is 1. The molecule has 1 amide bonds. The highest BCUT2D eigenvalue weighted by Crippen LogP contribution is 2.21.